The van der Waals surface area contributed by atoms with E-state index >= 15 is 0 Å². The molecule has 1 N–H and O–H groups in total. The van der Waals surface area contributed by atoms with Crippen molar-refractivity contribution >= 4 is 21.4 Å². The van der Waals surface area contributed by atoms with Crippen molar-refractivity contribution in [3.05, 3.63) is 83.2 Å². The Bertz CT molecular complexity index is 1370. The van der Waals surface area contributed by atoms with Gasteiger partial charge >= 0.3 is 0 Å². The molecule has 200 valence electrons. The van der Waals surface area contributed by atoms with E-state index in [0.29, 0.717) is 24.5 Å². The van der Waals surface area contributed by atoms with E-state index in [1.807, 2.05) is 24.3 Å². The Morgan fingerprint density at radius 3 is 2.63 bits per heavy atom. The molecule has 2 aromatic carbocycles. The molecule has 1 aromatic heterocycles. The lowest BCUT2D eigenvalue weighted by atomic mass is 10.0. The van der Waals surface area contributed by atoms with E-state index in [2.05, 4.69) is 33.4 Å². The number of pyridine rings is 1. The molecule has 38 heavy (non-hydrogen) atoms. The molecule has 2 aliphatic heterocycles. The average molecular weight is 536 g/mol. The number of amides is 1. The van der Waals surface area contributed by atoms with E-state index in [9.17, 15) is 13.2 Å². The van der Waals surface area contributed by atoms with Crippen LogP contribution in [0.5, 0.6) is 5.75 Å². The van der Waals surface area contributed by atoms with Gasteiger partial charge in [0.05, 0.1) is 36.1 Å². The maximum atomic E-state index is 12.6. The summed E-state index contributed by atoms with van der Waals surface area (Å²) in [6.07, 6.45) is 4.59. The molecular weight excluding hydrogens is 502 g/mol. The van der Waals surface area contributed by atoms with Gasteiger partial charge in [0.25, 0.3) is 5.91 Å². The molecule has 1 fully saturated rings. The summed E-state index contributed by atoms with van der Waals surface area (Å²) in [5, 5.41) is 2.85. The highest BCUT2D eigenvalue weighted by molar-refractivity contribution is 7.91. The van der Waals surface area contributed by atoms with Gasteiger partial charge in [0, 0.05) is 36.6 Å². The number of nitrogens with one attached hydrogen (secondary N) is 1. The summed E-state index contributed by atoms with van der Waals surface area (Å²) in [4.78, 5) is 19.4. The van der Waals surface area contributed by atoms with Crippen LogP contribution in [0.1, 0.15) is 40.5 Å². The molecule has 0 aliphatic carbocycles. The first-order valence-corrected chi connectivity index (χ1v) is 14.7. The third kappa shape index (κ3) is 6.16. The smallest absolute Gasteiger partial charge is 0.251 e. The number of ether oxygens (including phenoxy) is 2. The molecule has 9 heteroatoms. The molecule has 5 rings (SSSR count). The van der Waals surface area contributed by atoms with Crippen molar-refractivity contribution in [3.8, 4) is 5.75 Å². The fourth-order valence-corrected chi connectivity index (χ4v) is 5.46. The Kier molecular flexibility index (Phi) is 7.95. The van der Waals surface area contributed by atoms with E-state index in [4.69, 9.17) is 9.47 Å². The standard InChI is InChI=1S/C29H33N3O5S/c1-2-38(34,35)27-12-10-24(30-18-27)17-31-29(33)23-7-5-21(6-8-23)13-15-32-14-3-4-22-9-11-25(16-28(22)32)37-26-19-36-20-26/h5-12,16,18,26H,2-4,13-15,17,19-20H2,1H3,(H,31,33). The maximum Gasteiger partial charge on any atom is 0.251 e. The number of sulfone groups is 1. The van der Waals surface area contributed by atoms with Gasteiger partial charge in [-0.3, -0.25) is 9.78 Å². The van der Waals surface area contributed by atoms with Crippen molar-refractivity contribution in [1.29, 1.82) is 0 Å². The molecule has 0 bridgehead atoms. The minimum Gasteiger partial charge on any atom is -0.486 e. The highest BCUT2D eigenvalue weighted by Crippen LogP contribution is 2.32. The van der Waals surface area contributed by atoms with Crippen molar-refractivity contribution in [3.63, 3.8) is 0 Å². The lowest BCUT2D eigenvalue weighted by molar-refractivity contribution is -0.0796. The largest absolute Gasteiger partial charge is 0.486 e. The van der Waals surface area contributed by atoms with Crippen molar-refractivity contribution in [1.82, 2.24) is 10.3 Å². The number of fused-ring (bicyclic) bond motifs is 1. The second-order valence-corrected chi connectivity index (χ2v) is 12.0. The molecule has 1 amide bonds. The van der Waals surface area contributed by atoms with Crippen molar-refractivity contribution < 1.29 is 22.7 Å². The van der Waals surface area contributed by atoms with Gasteiger partial charge in [0.15, 0.2) is 9.84 Å². The number of anilines is 1. The molecule has 8 nitrogen and oxygen atoms in total. The Balaban J connectivity index is 1.14. The Morgan fingerprint density at radius 1 is 1.13 bits per heavy atom. The van der Waals surface area contributed by atoms with Gasteiger partial charge in [0.1, 0.15) is 11.9 Å². The first kappa shape index (κ1) is 26.2. The summed E-state index contributed by atoms with van der Waals surface area (Å²) in [5.41, 5.74) is 4.95. The summed E-state index contributed by atoms with van der Waals surface area (Å²) in [6, 6.07) is 17.2. The topological polar surface area (TPSA) is 97.8 Å². The second-order valence-electron chi connectivity index (χ2n) is 9.68. The number of carbonyl (C=O) groups is 1. The van der Waals surface area contributed by atoms with Gasteiger partial charge in [-0.15, -0.1) is 0 Å². The number of hydrogen-bond acceptors (Lipinski definition) is 7. The van der Waals surface area contributed by atoms with Gasteiger partial charge in [-0.1, -0.05) is 25.1 Å². The highest BCUT2D eigenvalue weighted by atomic mass is 32.2. The van der Waals surface area contributed by atoms with Crippen LogP contribution in [-0.2, 0) is 34.0 Å². The van der Waals surface area contributed by atoms with Gasteiger partial charge in [0.2, 0.25) is 0 Å². The third-order valence-electron chi connectivity index (χ3n) is 7.04. The summed E-state index contributed by atoms with van der Waals surface area (Å²) in [7, 11) is -3.29. The van der Waals surface area contributed by atoms with E-state index in [1.54, 1.807) is 13.0 Å². The molecular formula is C29H33N3O5S. The summed E-state index contributed by atoms with van der Waals surface area (Å²) >= 11 is 0. The normalized spacial score (nSPS) is 15.4. The third-order valence-corrected chi connectivity index (χ3v) is 8.75. The molecule has 0 atom stereocenters. The van der Waals surface area contributed by atoms with Crippen LogP contribution in [0.25, 0.3) is 0 Å². The Labute approximate surface area is 223 Å². The Morgan fingerprint density at radius 2 is 1.95 bits per heavy atom. The molecule has 0 saturated carbocycles. The SMILES string of the molecule is CCS(=O)(=O)c1ccc(CNC(=O)c2ccc(CCN3CCCc4ccc(OC5COC5)cc43)cc2)nc1. The zero-order chi connectivity index (χ0) is 26.5. The van der Waals surface area contributed by atoms with Crippen LogP contribution in [0.15, 0.2) is 65.7 Å². The van der Waals surface area contributed by atoms with Crippen molar-refractivity contribution in [2.24, 2.45) is 0 Å². The number of benzene rings is 2. The van der Waals surface area contributed by atoms with E-state index in [1.165, 1.54) is 29.1 Å². The predicted octanol–water partition coefficient (Wildman–Crippen LogP) is 3.58. The van der Waals surface area contributed by atoms with Crippen LogP contribution >= 0.6 is 0 Å². The average Bonchev–Trinajstić information content (AvgIpc) is 2.93. The van der Waals surface area contributed by atoms with Gasteiger partial charge in [-0.25, -0.2) is 8.42 Å². The summed E-state index contributed by atoms with van der Waals surface area (Å²) < 4.78 is 35.1. The predicted molar refractivity (Wildman–Crippen MR) is 145 cm³/mol. The van der Waals surface area contributed by atoms with E-state index in [-0.39, 0.29) is 29.2 Å². The number of aromatic nitrogens is 1. The lowest BCUT2D eigenvalue weighted by Gasteiger charge is -2.33. The van der Waals surface area contributed by atoms with Crippen LogP contribution in [0.2, 0.25) is 0 Å². The summed E-state index contributed by atoms with van der Waals surface area (Å²) in [5.74, 6) is 0.729. The van der Waals surface area contributed by atoms with Crippen LogP contribution in [0, 0.1) is 0 Å². The van der Waals surface area contributed by atoms with Gasteiger partial charge < -0.3 is 19.7 Å². The number of rotatable bonds is 10. The first-order valence-electron chi connectivity index (χ1n) is 13.1. The molecule has 0 spiro atoms. The summed E-state index contributed by atoms with van der Waals surface area (Å²) in [6.45, 7) is 5.04. The maximum absolute atomic E-state index is 12.6. The Hall–Kier alpha value is -3.43. The number of nitrogens with zero attached hydrogens (tertiary/aromatic N) is 2. The number of aryl methyl sites for hydroxylation is 1. The van der Waals surface area contributed by atoms with Gasteiger partial charge in [-0.05, 0) is 60.7 Å². The fraction of sp³-hybridized carbons (Fsp3) is 0.379. The number of carbonyl (C=O) groups excluding carboxylic acids is 1. The molecule has 0 unspecified atom stereocenters. The van der Waals surface area contributed by atoms with Crippen LogP contribution < -0.4 is 15.0 Å². The monoisotopic (exact) mass is 535 g/mol. The van der Waals surface area contributed by atoms with Gasteiger partial charge in [-0.2, -0.15) is 0 Å². The first-order chi connectivity index (χ1) is 18.4. The lowest BCUT2D eigenvalue weighted by Crippen LogP contribution is -2.38. The minimum atomic E-state index is -3.29. The molecule has 0 radical (unpaired) electrons. The molecule has 1 saturated heterocycles. The zero-order valence-electron chi connectivity index (χ0n) is 21.6. The molecule has 3 heterocycles. The van der Waals surface area contributed by atoms with E-state index in [0.717, 1.165) is 38.1 Å². The zero-order valence-corrected chi connectivity index (χ0v) is 22.4. The van der Waals surface area contributed by atoms with E-state index < -0.39 is 9.84 Å². The minimum absolute atomic E-state index is 0.0263. The second kappa shape index (κ2) is 11.5. The molecule has 2 aliphatic rings. The van der Waals surface area contributed by atoms with Crippen LogP contribution in [-0.4, -0.2) is 57.5 Å². The highest BCUT2D eigenvalue weighted by Gasteiger charge is 2.22. The molecule has 3 aromatic rings. The number of hydrogen-bond donors (Lipinski definition) is 1. The quantitative estimate of drug-likeness (QED) is 0.424. The van der Waals surface area contributed by atoms with Crippen LogP contribution in [0.3, 0.4) is 0 Å². The van der Waals surface area contributed by atoms with Crippen molar-refractivity contribution in [2.75, 3.05) is 37.0 Å². The van der Waals surface area contributed by atoms with Crippen molar-refractivity contribution in [2.45, 2.75) is 43.7 Å². The fourth-order valence-electron chi connectivity index (χ4n) is 4.64. The van der Waals surface area contributed by atoms with Crippen LogP contribution in [0.4, 0.5) is 5.69 Å².